The molecule has 1 fully saturated rings. The number of hydrogen-bond acceptors (Lipinski definition) is 3. The monoisotopic (exact) mass is 380 g/mol. The summed E-state index contributed by atoms with van der Waals surface area (Å²) in [5, 5.41) is 5.96. The van der Waals surface area contributed by atoms with Crippen molar-refractivity contribution >= 4 is 30.1 Å². The van der Waals surface area contributed by atoms with Gasteiger partial charge in [0.05, 0.1) is 0 Å². The highest BCUT2D eigenvalue weighted by Gasteiger charge is 2.25. The highest BCUT2D eigenvalue weighted by Crippen LogP contribution is 2.36. The fraction of sp³-hybridized carbons (Fsp3) is 0.316. The molecule has 1 aliphatic rings. The van der Waals surface area contributed by atoms with Crippen LogP contribution in [0.3, 0.4) is 0 Å². The number of carbonyl (C=O) groups is 1. The van der Waals surface area contributed by atoms with Gasteiger partial charge in [-0.1, -0.05) is 42.5 Å². The lowest BCUT2D eigenvalue weighted by Gasteiger charge is -2.26. The lowest BCUT2D eigenvalue weighted by Crippen LogP contribution is -2.44. The second-order valence-electron chi connectivity index (χ2n) is 5.87. The maximum atomic E-state index is 14.0. The summed E-state index contributed by atoms with van der Waals surface area (Å²) in [6.07, 6.45) is 1.86. The van der Waals surface area contributed by atoms with E-state index in [0.717, 1.165) is 31.5 Å². The molecule has 2 N–H and O–H groups in total. The van der Waals surface area contributed by atoms with Crippen LogP contribution < -0.4 is 10.6 Å². The van der Waals surface area contributed by atoms with E-state index < -0.39 is 5.25 Å². The van der Waals surface area contributed by atoms with Gasteiger partial charge in [0.15, 0.2) is 0 Å². The Morgan fingerprint density at radius 3 is 2.40 bits per heavy atom. The molecule has 1 amide bonds. The maximum Gasteiger partial charge on any atom is 0.238 e. The van der Waals surface area contributed by atoms with E-state index in [1.54, 1.807) is 18.2 Å². The fourth-order valence-corrected chi connectivity index (χ4v) is 3.87. The standard InChI is InChI=1S/C19H21FN2OS.ClH/c20-16-8-4-5-9-17(16)24-18(14-6-2-1-3-7-14)19(23)22-15-10-12-21-13-11-15;/h1-9,15,18,21H,10-13H2,(H,22,23);1H. The van der Waals surface area contributed by atoms with Gasteiger partial charge in [-0.3, -0.25) is 4.79 Å². The highest BCUT2D eigenvalue weighted by atomic mass is 35.5. The number of rotatable bonds is 5. The van der Waals surface area contributed by atoms with Crippen LogP contribution in [-0.2, 0) is 4.79 Å². The van der Waals surface area contributed by atoms with E-state index >= 15 is 0 Å². The molecular formula is C19H22ClFN2OS. The van der Waals surface area contributed by atoms with Crippen LogP contribution in [-0.4, -0.2) is 25.0 Å². The number of carbonyl (C=O) groups excluding carboxylic acids is 1. The van der Waals surface area contributed by atoms with E-state index in [1.807, 2.05) is 30.3 Å². The number of nitrogens with one attached hydrogen (secondary N) is 2. The van der Waals surface area contributed by atoms with Gasteiger partial charge >= 0.3 is 0 Å². The average molecular weight is 381 g/mol. The number of amides is 1. The molecule has 0 aromatic heterocycles. The Morgan fingerprint density at radius 1 is 1.08 bits per heavy atom. The average Bonchev–Trinajstić information content (AvgIpc) is 2.62. The van der Waals surface area contributed by atoms with Crippen LogP contribution in [0.1, 0.15) is 23.7 Å². The van der Waals surface area contributed by atoms with Crippen molar-refractivity contribution < 1.29 is 9.18 Å². The van der Waals surface area contributed by atoms with Gasteiger partial charge in [0.1, 0.15) is 11.1 Å². The SMILES string of the molecule is Cl.O=C(NC1CCNCC1)C(Sc1ccccc1F)c1ccccc1. The third-order valence-electron chi connectivity index (χ3n) is 4.11. The largest absolute Gasteiger partial charge is 0.352 e. The number of hydrogen-bond donors (Lipinski definition) is 2. The van der Waals surface area contributed by atoms with E-state index in [4.69, 9.17) is 0 Å². The summed E-state index contributed by atoms with van der Waals surface area (Å²) in [5.41, 5.74) is 0.886. The van der Waals surface area contributed by atoms with Crippen LogP contribution in [0.25, 0.3) is 0 Å². The van der Waals surface area contributed by atoms with Crippen LogP contribution in [0.2, 0.25) is 0 Å². The van der Waals surface area contributed by atoms with Gasteiger partial charge in [0.25, 0.3) is 0 Å². The molecule has 0 bridgehead atoms. The third-order valence-corrected chi connectivity index (χ3v) is 5.41. The van der Waals surface area contributed by atoms with Crippen molar-refractivity contribution in [1.29, 1.82) is 0 Å². The minimum atomic E-state index is -0.460. The summed E-state index contributed by atoms with van der Waals surface area (Å²) < 4.78 is 14.0. The van der Waals surface area contributed by atoms with Crippen molar-refractivity contribution in [2.45, 2.75) is 29.0 Å². The molecule has 134 valence electrons. The molecule has 1 aliphatic heterocycles. The Hall–Kier alpha value is -1.56. The smallest absolute Gasteiger partial charge is 0.238 e. The Balaban J connectivity index is 0.00000225. The van der Waals surface area contributed by atoms with Crippen molar-refractivity contribution in [2.24, 2.45) is 0 Å². The van der Waals surface area contributed by atoms with Crippen molar-refractivity contribution in [3.8, 4) is 0 Å². The van der Waals surface area contributed by atoms with Crippen LogP contribution in [0.15, 0.2) is 59.5 Å². The van der Waals surface area contributed by atoms with Crippen molar-refractivity contribution in [3.05, 3.63) is 66.0 Å². The van der Waals surface area contributed by atoms with Crippen LogP contribution in [0.5, 0.6) is 0 Å². The Kier molecular flexibility index (Phi) is 7.75. The second-order valence-corrected chi connectivity index (χ2v) is 7.02. The van der Waals surface area contributed by atoms with Crippen molar-refractivity contribution in [1.82, 2.24) is 10.6 Å². The molecule has 0 saturated carbocycles. The van der Waals surface area contributed by atoms with Gasteiger partial charge < -0.3 is 10.6 Å². The van der Waals surface area contributed by atoms with E-state index in [0.29, 0.717) is 4.90 Å². The third kappa shape index (κ3) is 5.46. The number of piperidine rings is 1. The van der Waals surface area contributed by atoms with Gasteiger partial charge in [0, 0.05) is 10.9 Å². The Bertz CT molecular complexity index is 680. The number of halogens is 2. The molecule has 3 rings (SSSR count). The molecule has 0 radical (unpaired) electrons. The zero-order valence-corrected chi connectivity index (χ0v) is 15.4. The molecule has 0 spiro atoms. The predicted octanol–water partition coefficient (Wildman–Crippen LogP) is 3.95. The molecule has 2 aromatic rings. The van der Waals surface area contributed by atoms with Gasteiger partial charge in [-0.25, -0.2) is 4.39 Å². The van der Waals surface area contributed by atoms with Gasteiger partial charge in [0.2, 0.25) is 5.91 Å². The van der Waals surface area contributed by atoms with E-state index in [2.05, 4.69) is 10.6 Å². The van der Waals surface area contributed by atoms with Crippen molar-refractivity contribution in [3.63, 3.8) is 0 Å². The fourth-order valence-electron chi connectivity index (χ4n) is 2.81. The first kappa shape index (κ1) is 19.8. The summed E-state index contributed by atoms with van der Waals surface area (Å²) in [6.45, 7) is 1.84. The second kappa shape index (κ2) is 9.80. The molecule has 1 saturated heterocycles. The Morgan fingerprint density at radius 2 is 1.72 bits per heavy atom. The zero-order valence-electron chi connectivity index (χ0n) is 13.8. The molecule has 2 aromatic carbocycles. The summed E-state index contributed by atoms with van der Waals surface area (Å²) in [5.74, 6) is -0.348. The minimum absolute atomic E-state index is 0. The molecular weight excluding hydrogens is 359 g/mol. The van der Waals surface area contributed by atoms with E-state index in [-0.39, 0.29) is 30.2 Å². The molecule has 1 atom stereocenters. The zero-order chi connectivity index (χ0) is 16.8. The highest BCUT2D eigenvalue weighted by molar-refractivity contribution is 8.00. The molecule has 1 heterocycles. The first-order valence-corrected chi connectivity index (χ1v) is 9.09. The summed E-state index contributed by atoms with van der Waals surface area (Å²) in [7, 11) is 0. The normalized spacial score (nSPS) is 15.9. The molecule has 0 aliphatic carbocycles. The number of benzene rings is 2. The van der Waals surface area contributed by atoms with Crippen LogP contribution in [0.4, 0.5) is 4.39 Å². The maximum absolute atomic E-state index is 14.0. The first-order valence-electron chi connectivity index (χ1n) is 8.21. The quantitative estimate of drug-likeness (QED) is 0.772. The van der Waals surface area contributed by atoms with E-state index in [1.165, 1.54) is 17.8 Å². The van der Waals surface area contributed by atoms with Crippen LogP contribution in [0, 0.1) is 5.82 Å². The molecule has 6 heteroatoms. The molecule has 3 nitrogen and oxygen atoms in total. The molecule has 1 unspecified atom stereocenters. The summed E-state index contributed by atoms with van der Waals surface area (Å²) in [4.78, 5) is 13.3. The minimum Gasteiger partial charge on any atom is -0.352 e. The summed E-state index contributed by atoms with van der Waals surface area (Å²) in [6, 6.07) is 16.3. The van der Waals surface area contributed by atoms with Gasteiger partial charge in [-0.2, -0.15) is 0 Å². The van der Waals surface area contributed by atoms with Gasteiger partial charge in [-0.05, 0) is 43.6 Å². The topological polar surface area (TPSA) is 41.1 Å². The van der Waals surface area contributed by atoms with Crippen molar-refractivity contribution in [2.75, 3.05) is 13.1 Å². The first-order chi connectivity index (χ1) is 11.7. The predicted molar refractivity (Wildman–Crippen MR) is 103 cm³/mol. The Labute approximate surface area is 158 Å². The summed E-state index contributed by atoms with van der Waals surface area (Å²) >= 11 is 1.26. The lowest BCUT2D eigenvalue weighted by atomic mass is 10.1. The molecule has 25 heavy (non-hydrogen) atoms. The lowest BCUT2D eigenvalue weighted by molar-refractivity contribution is -0.121. The number of thioether (sulfide) groups is 1. The van der Waals surface area contributed by atoms with E-state index in [9.17, 15) is 9.18 Å². The van der Waals surface area contributed by atoms with Gasteiger partial charge in [-0.15, -0.1) is 24.2 Å². The van der Waals surface area contributed by atoms with Crippen LogP contribution >= 0.6 is 24.2 Å².